The highest BCUT2D eigenvalue weighted by atomic mass is 15.0. The van der Waals surface area contributed by atoms with Crippen LogP contribution in [0.1, 0.15) is 16.8 Å². The predicted molar refractivity (Wildman–Crippen MR) is 70.5 cm³/mol. The molecule has 2 rings (SSSR count). The van der Waals surface area contributed by atoms with E-state index < -0.39 is 0 Å². The second kappa shape index (κ2) is 4.05. The maximum Gasteiger partial charge on any atom is 0.222 e. The highest BCUT2D eigenvalue weighted by Gasteiger charge is 2.10. The molecule has 0 radical (unpaired) electrons. The van der Waals surface area contributed by atoms with E-state index in [1.54, 1.807) is 0 Å². The Bertz CT molecular complexity index is 532. The first-order chi connectivity index (χ1) is 7.97. The summed E-state index contributed by atoms with van der Waals surface area (Å²) in [5.41, 5.74) is 16.6. The Morgan fingerprint density at radius 1 is 0.882 bits per heavy atom. The zero-order valence-corrected chi connectivity index (χ0v) is 10.3. The lowest BCUT2D eigenvalue weighted by Crippen LogP contribution is -2.04. The smallest absolute Gasteiger partial charge is 0.222 e. The van der Waals surface area contributed by atoms with Gasteiger partial charge in [-0.25, -0.2) is 4.98 Å². The lowest BCUT2D eigenvalue weighted by atomic mass is 10.00. The van der Waals surface area contributed by atoms with Crippen molar-refractivity contribution in [2.24, 2.45) is 0 Å². The van der Waals surface area contributed by atoms with Crippen molar-refractivity contribution in [3.8, 4) is 11.1 Å². The van der Waals surface area contributed by atoms with Crippen LogP contribution in [0.4, 0.5) is 11.8 Å². The molecule has 0 bridgehead atoms. The van der Waals surface area contributed by atoms with Crippen molar-refractivity contribution in [3.05, 3.63) is 35.0 Å². The quantitative estimate of drug-likeness (QED) is 0.784. The lowest BCUT2D eigenvalue weighted by molar-refractivity contribution is 1.13. The maximum absolute atomic E-state index is 5.92. The van der Waals surface area contributed by atoms with E-state index in [0.29, 0.717) is 5.82 Å². The summed E-state index contributed by atoms with van der Waals surface area (Å²) >= 11 is 0. The van der Waals surface area contributed by atoms with Crippen molar-refractivity contribution in [2.45, 2.75) is 20.8 Å². The van der Waals surface area contributed by atoms with E-state index in [-0.39, 0.29) is 5.95 Å². The van der Waals surface area contributed by atoms with Crippen LogP contribution in [0.15, 0.2) is 18.2 Å². The monoisotopic (exact) mass is 228 g/mol. The van der Waals surface area contributed by atoms with Gasteiger partial charge in [-0.05, 0) is 26.3 Å². The van der Waals surface area contributed by atoms with Gasteiger partial charge in [0.2, 0.25) is 5.95 Å². The molecule has 0 aliphatic carbocycles. The van der Waals surface area contributed by atoms with Gasteiger partial charge in [-0.1, -0.05) is 29.3 Å². The minimum absolute atomic E-state index is 0.216. The average molecular weight is 228 g/mol. The molecule has 0 saturated heterocycles. The van der Waals surface area contributed by atoms with Crippen LogP contribution < -0.4 is 11.5 Å². The van der Waals surface area contributed by atoms with Gasteiger partial charge in [0.25, 0.3) is 0 Å². The van der Waals surface area contributed by atoms with E-state index in [1.807, 2.05) is 6.92 Å². The number of aromatic nitrogens is 2. The van der Waals surface area contributed by atoms with Gasteiger partial charge in [0.15, 0.2) is 0 Å². The van der Waals surface area contributed by atoms with Gasteiger partial charge in [-0.2, -0.15) is 4.98 Å². The Hall–Kier alpha value is -2.10. The number of benzene rings is 1. The number of nitrogens with two attached hydrogens (primary N) is 2. The van der Waals surface area contributed by atoms with Crippen LogP contribution in [0.3, 0.4) is 0 Å². The van der Waals surface area contributed by atoms with Crippen LogP contribution in [0.25, 0.3) is 11.1 Å². The third-order valence-electron chi connectivity index (χ3n) is 2.65. The molecule has 0 saturated carbocycles. The third kappa shape index (κ3) is 2.20. The van der Waals surface area contributed by atoms with Crippen LogP contribution in [0.2, 0.25) is 0 Å². The number of nitrogens with zero attached hydrogens (tertiary/aromatic N) is 2. The summed E-state index contributed by atoms with van der Waals surface area (Å²) in [5, 5.41) is 0. The topological polar surface area (TPSA) is 77.8 Å². The molecule has 0 fully saturated rings. The van der Waals surface area contributed by atoms with E-state index in [0.717, 1.165) is 16.8 Å². The minimum Gasteiger partial charge on any atom is -0.383 e. The summed E-state index contributed by atoms with van der Waals surface area (Å²) in [7, 11) is 0. The van der Waals surface area contributed by atoms with Crippen molar-refractivity contribution in [1.29, 1.82) is 0 Å². The predicted octanol–water partition coefficient (Wildman–Crippen LogP) is 2.23. The summed E-state index contributed by atoms with van der Waals surface area (Å²) in [4.78, 5) is 8.17. The molecule has 1 aromatic carbocycles. The second-order valence-electron chi connectivity index (χ2n) is 4.30. The summed E-state index contributed by atoms with van der Waals surface area (Å²) in [6, 6.07) is 6.27. The van der Waals surface area contributed by atoms with Gasteiger partial charge in [0, 0.05) is 5.56 Å². The Morgan fingerprint density at radius 3 is 2.00 bits per heavy atom. The van der Waals surface area contributed by atoms with Crippen molar-refractivity contribution >= 4 is 11.8 Å². The number of aryl methyl sites for hydroxylation is 3. The molecule has 0 unspecified atom stereocenters. The Labute approximate surface area is 101 Å². The lowest BCUT2D eigenvalue weighted by Gasteiger charge is -2.10. The van der Waals surface area contributed by atoms with Crippen LogP contribution in [-0.4, -0.2) is 9.97 Å². The standard InChI is InChI=1S/C13H16N4/c1-7-4-8(2)6-10(5-7)11-9(3)16-13(15)17-12(11)14/h4-6H,1-3H3,(H4,14,15,16,17). The van der Waals surface area contributed by atoms with E-state index in [9.17, 15) is 0 Å². The fraction of sp³-hybridized carbons (Fsp3) is 0.231. The van der Waals surface area contributed by atoms with Crippen LogP contribution in [-0.2, 0) is 0 Å². The van der Waals surface area contributed by atoms with E-state index in [1.165, 1.54) is 11.1 Å². The molecule has 1 aromatic heterocycles. The Balaban J connectivity index is 2.68. The minimum atomic E-state index is 0.216. The largest absolute Gasteiger partial charge is 0.383 e. The number of hydrogen-bond acceptors (Lipinski definition) is 4. The number of nitrogen functional groups attached to an aromatic ring is 2. The van der Waals surface area contributed by atoms with Crippen molar-refractivity contribution < 1.29 is 0 Å². The number of rotatable bonds is 1. The first-order valence-corrected chi connectivity index (χ1v) is 5.45. The first kappa shape index (κ1) is 11.4. The molecule has 0 aliphatic rings. The van der Waals surface area contributed by atoms with Gasteiger partial charge >= 0.3 is 0 Å². The molecule has 0 spiro atoms. The molecular formula is C13H16N4. The van der Waals surface area contributed by atoms with Crippen molar-refractivity contribution in [1.82, 2.24) is 9.97 Å². The molecule has 0 atom stereocenters. The fourth-order valence-electron chi connectivity index (χ4n) is 2.09. The SMILES string of the molecule is Cc1cc(C)cc(-c2c(C)nc(N)nc2N)c1. The van der Waals surface area contributed by atoms with E-state index >= 15 is 0 Å². The van der Waals surface area contributed by atoms with Gasteiger partial charge in [0.1, 0.15) is 5.82 Å². The van der Waals surface area contributed by atoms with Crippen LogP contribution in [0, 0.1) is 20.8 Å². The van der Waals surface area contributed by atoms with Gasteiger partial charge in [-0.3, -0.25) is 0 Å². The average Bonchev–Trinajstić information content (AvgIpc) is 2.13. The molecule has 0 amide bonds. The number of anilines is 2. The summed E-state index contributed by atoms with van der Waals surface area (Å²) in [6.07, 6.45) is 0. The molecule has 88 valence electrons. The molecule has 2 aromatic rings. The molecular weight excluding hydrogens is 212 g/mol. The molecule has 17 heavy (non-hydrogen) atoms. The Kier molecular flexibility index (Phi) is 2.71. The van der Waals surface area contributed by atoms with E-state index in [4.69, 9.17) is 11.5 Å². The highest BCUT2D eigenvalue weighted by Crippen LogP contribution is 2.29. The molecule has 0 aliphatic heterocycles. The van der Waals surface area contributed by atoms with Gasteiger partial charge < -0.3 is 11.5 Å². The zero-order valence-electron chi connectivity index (χ0n) is 10.3. The highest BCUT2D eigenvalue weighted by molar-refractivity contribution is 5.77. The second-order valence-corrected chi connectivity index (χ2v) is 4.30. The molecule has 4 heteroatoms. The van der Waals surface area contributed by atoms with Crippen LogP contribution >= 0.6 is 0 Å². The van der Waals surface area contributed by atoms with Gasteiger partial charge in [0.05, 0.1) is 5.69 Å². The van der Waals surface area contributed by atoms with Gasteiger partial charge in [-0.15, -0.1) is 0 Å². The third-order valence-corrected chi connectivity index (χ3v) is 2.65. The zero-order chi connectivity index (χ0) is 12.6. The van der Waals surface area contributed by atoms with Crippen molar-refractivity contribution in [2.75, 3.05) is 11.5 Å². The Morgan fingerprint density at radius 2 is 1.47 bits per heavy atom. The molecule has 4 N–H and O–H groups in total. The molecule has 1 heterocycles. The van der Waals surface area contributed by atoms with Crippen LogP contribution in [0.5, 0.6) is 0 Å². The van der Waals surface area contributed by atoms with Crippen molar-refractivity contribution in [3.63, 3.8) is 0 Å². The summed E-state index contributed by atoms with van der Waals surface area (Å²) in [6.45, 7) is 6.00. The summed E-state index contributed by atoms with van der Waals surface area (Å²) in [5.74, 6) is 0.646. The summed E-state index contributed by atoms with van der Waals surface area (Å²) < 4.78 is 0. The molecule has 4 nitrogen and oxygen atoms in total. The van der Waals surface area contributed by atoms with E-state index in [2.05, 4.69) is 42.0 Å². The first-order valence-electron chi connectivity index (χ1n) is 5.45. The fourth-order valence-corrected chi connectivity index (χ4v) is 2.09. The number of hydrogen-bond donors (Lipinski definition) is 2. The normalized spacial score (nSPS) is 10.5. The maximum atomic E-state index is 5.92.